The maximum atomic E-state index is 11.0. The molecule has 3 heteroatoms. The topological polar surface area (TPSA) is 26.3 Å². The molecule has 60 valence electrons. The number of carbonyl (C=O) groups excluding carboxylic acids is 1. The van der Waals surface area contributed by atoms with Crippen LogP contribution in [0.4, 0.5) is 4.79 Å². The van der Waals surface area contributed by atoms with E-state index in [1.807, 2.05) is 27.9 Å². The van der Waals surface area contributed by atoms with Gasteiger partial charge >= 0.3 is 6.09 Å². The molecule has 0 bridgehead atoms. The van der Waals surface area contributed by atoms with E-state index in [0.29, 0.717) is 11.1 Å². The number of nitrogens with zero attached hydrogens (tertiary/aromatic N) is 1. The van der Waals surface area contributed by atoms with Gasteiger partial charge in [0.05, 0.1) is 27.2 Å². The van der Waals surface area contributed by atoms with Gasteiger partial charge in [-0.05, 0) is 13.8 Å². The zero-order chi connectivity index (χ0) is 8.20. The summed E-state index contributed by atoms with van der Waals surface area (Å²) in [6.07, 6.45) is -0.162. The summed E-state index contributed by atoms with van der Waals surface area (Å²) >= 11 is 0. The van der Waals surface area contributed by atoms with E-state index >= 15 is 0 Å². The van der Waals surface area contributed by atoms with Crippen molar-refractivity contribution in [2.45, 2.75) is 13.8 Å². The SMILES string of the molecule is CCOC(=O)[N+](C)(C)CC. The van der Waals surface area contributed by atoms with E-state index < -0.39 is 0 Å². The van der Waals surface area contributed by atoms with E-state index in [-0.39, 0.29) is 6.09 Å². The van der Waals surface area contributed by atoms with Crippen molar-refractivity contribution in [3.05, 3.63) is 0 Å². The Bertz CT molecular complexity index is 121. The minimum absolute atomic E-state index is 0.162. The smallest absolute Gasteiger partial charge is 0.420 e. The van der Waals surface area contributed by atoms with Crippen LogP contribution in [0.2, 0.25) is 0 Å². The Morgan fingerprint density at radius 2 is 1.90 bits per heavy atom. The Hall–Kier alpha value is -0.570. The molecule has 0 unspecified atom stereocenters. The quantitative estimate of drug-likeness (QED) is 0.548. The minimum atomic E-state index is -0.162. The Morgan fingerprint density at radius 1 is 1.40 bits per heavy atom. The van der Waals surface area contributed by atoms with Crippen LogP contribution in [-0.4, -0.2) is 37.8 Å². The third-order valence-corrected chi connectivity index (χ3v) is 1.55. The Labute approximate surface area is 62.2 Å². The average Bonchev–Trinajstić information content (AvgIpc) is 1.89. The molecule has 0 aliphatic heterocycles. The van der Waals surface area contributed by atoms with Crippen LogP contribution in [0.15, 0.2) is 0 Å². The second-order valence-corrected chi connectivity index (χ2v) is 2.70. The summed E-state index contributed by atoms with van der Waals surface area (Å²) in [5, 5.41) is 0. The molecule has 0 spiro atoms. The molecule has 0 saturated carbocycles. The van der Waals surface area contributed by atoms with Gasteiger partial charge in [0.25, 0.3) is 0 Å². The Kier molecular flexibility index (Phi) is 3.36. The lowest BCUT2D eigenvalue weighted by atomic mass is 10.5. The highest BCUT2D eigenvalue weighted by atomic mass is 16.6. The number of amides is 1. The molecule has 0 atom stereocenters. The van der Waals surface area contributed by atoms with Crippen molar-refractivity contribution in [1.82, 2.24) is 0 Å². The molecule has 0 aliphatic carbocycles. The number of hydrogen-bond donors (Lipinski definition) is 0. The summed E-state index contributed by atoms with van der Waals surface area (Å²) in [6.45, 7) is 4.99. The van der Waals surface area contributed by atoms with Crippen LogP contribution < -0.4 is 0 Å². The van der Waals surface area contributed by atoms with Gasteiger partial charge in [-0.25, -0.2) is 4.48 Å². The first-order chi connectivity index (χ1) is 4.54. The second kappa shape index (κ2) is 3.56. The lowest BCUT2D eigenvalue weighted by Crippen LogP contribution is -2.45. The first-order valence-electron chi connectivity index (χ1n) is 3.55. The van der Waals surface area contributed by atoms with Crippen molar-refractivity contribution in [2.24, 2.45) is 0 Å². The van der Waals surface area contributed by atoms with Crippen molar-refractivity contribution in [3.8, 4) is 0 Å². The Morgan fingerprint density at radius 3 is 2.20 bits per heavy atom. The molecule has 0 heterocycles. The van der Waals surface area contributed by atoms with Crippen LogP contribution >= 0.6 is 0 Å². The van der Waals surface area contributed by atoms with Gasteiger partial charge in [0, 0.05) is 0 Å². The normalized spacial score (nSPS) is 11.2. The monoisotopic (exact) mass is 146 g/mol. The molecule has 10 heavy (non-hydrogen) atoms. The van der Waals surface area contributed by atoms with E-state index in [9.17, 15) is 4.79 Å². The van der Waals surface area contributed by atoms with Crippen molar-refractivity contribution >= 4 is 6.09 Å². The van der Waals surface area contributed by atoms with Gasteiger partial charge in [0.15, 0.2) is 0 Å². The van der Waals surface area contributed by atoms with Gasteiger partial charge in [0.1, 0.15) is 0 Å². The molecule has 0 rings (SSSR count). The summed E-state index contributed by atoms with van der Waals surface area (Å²) < 4.78 is 5.13. The van der Waals surface area contributed by atoms with Gasteiger partial charge in [-0.1, -0.05) is 0 Å². The van der Waals surface area contributed by atoms with E-state index in [1.54, 1.807) is 0 Å². The van der Waals surface area contributed by atoms with Gasteiger partial charge in [-0.2, -0.15) is 4.79 Å². The average molecular weight is 146 g/mol. The lowest BCUT2D eigenvalue weighted by Gasteiger charge is -2.22. The molecular weight excluding hydrogens is 130 g/mol. The molecule has 1 amide bonds. The number of rotatable bonds is 2. The molecule has 0 aromatic carbocycles. The molecule has 0 saturated heterocycles. The van der Waals surface area contributed by atoms with Crippen LogP contribution in [-0.2, 0) is 4.74 Å². The van der Waals surface area contributed by atoms with Gasteiger partial charge in [0.2, 0.25) is 0 Å². The molecule has 0 N–H and O–H groups in total. The first-order valence-corrected chi connectivity index (χ1v) is 3.55. The Balaban J connectivity index is 3.91. The van der Waals surface area contributed by atoms with E-state index in [1.165, 1.54) is 0 Å². The zero-order valence-electron chi connectivity index (χ0n) is 7.18. The molecule has 0 radical (unpaired) electrons. The van der Waals surface area contributed by atoms with E-state index in [2.05, 4.69) is 0 Å². The molecule has 0 aromatic heterocycles. The molecule has 0 aromatic rings. The van der Waals surface area contributed by atoms with Crippen molar-refractivity contribution < 1.29 is 14.0 Å². The van der Waals surface area contributed by atoms with Crippen molar-refractivity contribution in [3.63, 3.8) is 0 Å². The number of carbonyl (C=O) groups is 1. The fourth-order valence-corrected chi connectivity index (χ4v) is 0.427. The largest absolute Gasteiger partial charge is 0.515 e. The number of hydrogen-bond acceptors (Lipinski definition) is 2. The highest BCUT2D eigenvalue weighted by molar-refractivity contribution is 5.59. The standard InChI is InChI=1S/C7H16NO2/c1-5-8(3,4)7(9)10-6-2/h5-6H2,1-4H3/q+1. The molecule has 0 fully saturated rings. The molecule has 3 nitrogen and oxygen atoms in total. The second-order valence-electron chi connectivity index (χ2n) is 2.70. The predicted octanol–water partition coefficient (Wildman–Crippen LogP) is 1.24. The van der Waals surface area contributed by atoms with Crippen LogP contribution in [0.5, 0.6) is 0 Å². The van der Waals surface area contributed by atoms with Crippen LogP contribution in [0.1, 0.15) is 13.8 Å². The van der Waals surface area contributed by atoms with Gasteiger partial charge < -0.3 is 4.74 Å². The summed E-state index contributed by atoms with van der Waals surface area (Å²) in [7, 11) is 3.66. The summed E-state index contributed by atoms with van der Waals surface area (Å²) in [5.41, 5.74) is 0. The lowest BCUT2D eigenvalue weighted by molar-refractivity contribution is -0.815. The van der Waals surface area contributed by atoms with Gasteiger partial charge in [-0.15, -0.1) is 0 Å². The first kappa shape index (κ1) is 9.43. The van der Waals surface area contributed by atoms with Crippen LogP contribution in [0, 0.1) is 0 Å². The maximum absolute atomic E-state index is 11.0. The van der Waals surface area contributed by atoms with Crippen molar-refractivity contribution in [1.29, 1.82) is 0 Å². The highest BCUT2D eigenvalue weighted by Crippen LogP contribution is 1.99. The molecule has 0 aliphatic rings. The van der Waals surface area contributed by atoms with Gasteiger partial charge in [-0.3, -0.25) is 0 Å². The van der Waals surface area contributed by atoms with Crippen LogP contribution in [0.3, 0.4) is 0 Å². The summed E-state index contributed by atoms with van der Waals surface area (Å²) in [4.78, 5) is 11.0. The van der Waals surface area contributed by atoms with E-state index in [0.717, 1.165) is 6.54 Å². The summed E-state index contributed by atoms with van der Waals surface area (Å²) in [5.74, 6) is 0. The molecular formula is C7H16NO2+. The number of quaternary nitrogens is 1. The predicted molar refractivity (Wildman–Crippen MR) is 39.7 cm³/mol. The minimum Gasteiger partial charge on any atom is -0.420 e. The zero-order valence-corrected chi connectivity index (χ0v) is 7.18. The van der Waals surface area contributed by atoms with E-state index in [4.69, 9.17) is 4.74 Å². The fourth-order valence-electron chi connectivity index (χ4n) is 0.427. The third kappa shape index (κ3) is 2.35. The summed E-state index contributed by atoms with van der Waals surface area (Å²) in [6, 6.07) is 0. The third-order valence-electron chi connectivity index (χ3n) is 1.55. The maximum Gasteiger partial charge on any atom is 0.515 e. The fraction of sp³-hybridized carbons (Fsp3) is 0.857. The number of ether oxygens (including phenoxy) is 1. The van der Waals surface area contributed by atoms with Crippen molar-refractivity contribution in [2.75, 3.05) is 27.2 Å². The highest BCUT2D eigenvalue weighted by Gasteiger charge is 2.25. The van der Waals surface area contributed by atoms with Crippen LogP contribution in [0.25, 0.3) is 0 Å².